The van der Waals surface area contributed by atoms with Gasteiger partial charge in [0.15, 0.2) is 4.80 Å². The van der Waals surface area contributed by atoms with Crippen molar-refractivity contribution in [1.82, 2.24) is 8.87 Å². The Balaban J connectivity index is 1.70. The van der Waals surface area contributed by atoms with Crippen molar-refractivity contribution >= 4 is 60.4 Å². The lowest BCUT2D eigenvalue weighted by Crippen LogP contribution is -2.42. The van der Waals surface area contributed by atoms with E-state index in [9.17, 15) is 13.2 Å². The first-order chi connectivity index (χ1) is 16.3. The van der Waals surface area contributed by atoms with E-state index in [0.717, 1.165) is 21.6 Å². The van der Waals surface area contributed by atoms with Crippen LogP contribution in [0.5, 0.6) is 11.5 Å². The summed E-state index contributed by atoms with van der Waals surface area (Å²) in [7, 11) is -0.549. The molecule has 1 unspecified atom stereocenters. The van der Waals surface area contributed by atoms with Crippen LogP contribution in [-0.2, 0) is 21.4 Å². The second-order valence-corrected chi connectivity index (χ2v) is 12.5. The van der Waals surface area contributed by atoms with Gasteiger partial charge in [0.05, 0.1) is 24.5 Å². The van der Waals surface area contributed by atoms with E-state index in [1.807, 2.05) is 10.6 Å². The van der Waals surface area contributed by atoms with Crippen LogP contribution < -0.4 is 14.3 Å². The number of benzene rings is 1. The first kappa shape index (κ1) is 24.9. The number of halogens is 1. The van der Waals surface area contributed by atoms with Gasteiger partial charge in [0, 0.05) is 19.6 Å². The Kier molecular flexibility index (Phi) is 7.48. The zero-order valence-electron chi connectivity index (χ0n) is 18.7. The van der Waals surface area contributed by atoms with E-state index in [0.29, 0.717) is 46.6 Å². The number of thiophene rings is 1. The smallest absolute Gasteiger partial charge is 0.252 e. The molecule has 4 rings (SSSR count). The number of allylic oxidation sites excluding steroid dienone is 1. The standard InChI is InChI=1S/C22H24ClN3O5S3/c1-4-11-26-19-15(30-2)7-8-16(31-3)20(19)33-22(26)24-21(27)14-6-5-12-25(13-14)34(28,29)18-10-9-17(23)32-18/h4,7-10,14H,1,5-6,11-13H2,2-3H3. The third-order valence-electron chi connectivity index (χ3n) is 5.59. The zero-order chi connectivity index (χ0) is 24.5. The molecule has 1 amide bonds. The van der Waals surface area contributed by atoms with Crippen molar-refractivity contribution in [3.63, 3.8) is 0 Å². The molecule has 2 aromatic heterocycles. The summed E-state index contributed by atoms with van der Waals surface area (Å²) in [5, 5.41) is 0. The maximum absolute atomic E-state index is 13.2. The highest BCUT2D eigenvalue weighted by molar-refractivity contribution is 7.91. The van der Waals surface area contributed by atoms with Gasteiger partial charge < -0.3 is 14.0 Å². The molecule has 182 valence electrons. The SMILES string of the molecule is C=CCn1c(=NC(=O)C2CCCN(S(=O)(=O)c3ccc(Cl)s3)C2)sc2c(OC)ccc(OC)c21. The van der Waals surface area contributed by atoms with Gasteiger partial charge in [-0.3, -0.25) is 4.79 Å². The molecule has 12 heteroatoms. The van der Waals surface area contributed by atoms with Crippen LogP contribution >= 0.6 is 34.3 Å². The normalized spacial score (nSPS) is 17.7. The summed E-state index contributed by atoms with van der Waals surface area (Å²) < 4.78 is 41.7. The highest BCUT2D eigenvalue weighted by Gasteiger charge is 2.34. The zero-order valence-corrected chi connectivity index (χ0v) is 21.9. The largest absolute Gasteiger partial charge is 0.495 e. The third kappa shape index (κ3) is 4.67. The third-order valence-corrected chi connectivity index (χ3v) is 10.2. The van der Waals surface area contributed by atoms with E-state index in [2.05, 4.69) is 11.6 Å². The van der Waals surface area contributed by atoms with Crippen LogP contribution in [0.2, 0.25) is 4.34 Å². The number of ether oxygens (including phenoxy) is 2. The van der Waals surface area contributed by atoms with Crippen LogP contribution in [0.15, 0.2) is 46.1 Å². The number of carbonyl (C=O) groups excluding carboxylic acids is 1. The number of amides is 1. The molecule has 1 fully saturated rings. The molecule has 0 bridgehead atoms. The van der Waals surface area contributed by atoms with Gasteiger partial charge in [-0.15, -0.1) is 17.9 Å². The molecule has 1 aromatic carbocycles. The average Bonchev–Trinajstić information content (AvgIpc) is 3.43. The first-order valence-electron chi connectivity index (χ1n) is 10.5. The Morgan fingerprint density at radius 1 is 1.24 bits per heavy atom. The van der Waals surface area contributed by atoms with Crippen molar-refractivity contribution in [2.45, 2.75) is 23.6 Å². The van der Waals surface area contributed by atoms with Crippen molar-refractivity contribution in [3.8, 4) is 11.5 Å². The van der Waals surface area contributed by atoms with Crippen LogP contribution in [0.1, 0.15) is 12.8 Å². The summed E-state index contributed by atoms with van der Waals surface area (Å²) in [5.41, 5.74) is 0.765. The molecule has 3 aromatic rings. The molecular weight excluding hydrogens is 518 g/mol. The maximum Gasteiger partial charge on any atom is 0.252 e. The monoisotopic (exact) mass is 541 g/mol. The summed E-state index contributed by atoms with van der Waals surface area (Å²) in [6.45, 7) is 4.68. The second kappa shape index (κ2) is 10.2. The van der Waals surface area contributed by atoms with Crippen LogP contribution in [0.3, 0.4) is 0 Å². The van der Waals surface area contributed by atoms with Gasteiger partial charge >= 0.3 is 0 Å². The van der Waals surface area contributed by atoms with Crippen molar-refractivity contribution in [2.75, 3.05) is 27.3 Å². The first-order valence-corrected chi connectivity index (χ1v) is 13.9. The number of sulfonamides is 1. The van der Waals surface area contributed by atoms with Crippen LogP contribution in [0.25, 0.3) is 10.2 Å². The van der Waals surface area contributed by atoms with E-state index in [-0.39, 0.29) is 16.7 Å². The van der Waals surface area contributed by atoms with E-state index >= 15 is 0 Å². The van der Waals surface area contributed by atoms with Gasteiger partial charge in [0.1, 0.15) is 25.9 Å². The lowest BCUT2D eigenvalue weighted by molar-refractivity contribution is -0.122. The molecule has 0 aliphatic carbocycles. The molecule has 8 nitrogen and oxygen atoms in total. The number of carbonyl (C=O) groups is 1. The highest BCUT2D eigenvalue weighted by atomic mass is 35.5. The summed E-state index contributed by atoms with van der Waals surface area (Å²) in [6, 6.07) is 6.67. The molecule has 34 heavy (non-hydrogen) atoms. The Labute approximate surface area is 210 Å². The van der Waals surface area contributed by atoms with Gasteiger partial charge in [-0.05, 0) is 37.1 Å². The van der Waals surface area contributed by atoms with Crippen LogP contribution in [-0.4, -0.2) is 50.5 Å². The van der Waals surface area contributed by atoms with Gasteiger partial charge in [0.25, 0.3) is 15.9 Å². The summed E-state index contributed by atoms with van der Waals surface area (Å²) >= 11 is 8.26. The number of hydrogen-bond donors (Lipinski definition) is 0. The molecule has 1 saturated heterocycles. The fourth-order valence-corrected chi connectivity index (χ4v) is 8.26. The Bertz CT molecular complexity index is 1410. The van der Waals surface area contributed by atoms with Crippen LogP contribution in [0, 0.1) is 5.92 Å². The Hall–Kier alpha value is -2.18. The van der Waals surface area contributed by atoms with Crippen molar-refractivity contribution < 1.29 is 22.7 Å². The van der Waals surface area contributed by atoms with Crippen LogP contribution in [0.4, 0.5) is 0 Å². The number of aromatic nitrogens is 1. The maximum atomic E-state index is 13.2. The predicted octanol–water partition coefficient (Wildman–Crippen LogP) is 4.15. The second-order valence-electron chi connectivity index (χ2n) is 7.64. The number of hydrogen-bond acceptors (Lipinski definition) is 7. The molecule has 1 aliphatic heterocycles. The fraction of sp³-hybridized carbons (Fsp3) is 0.364. The Morgan fingerprint density at radius 2 is 1.97 bits per heavy atom. The van der Waals surface area contributed by atoms with Crippen molar-refractivity contribution in [1.29, 1.82) is 0 Å². The minimum Gasteiger partial charge on any atom is -0.495 e. The van der Waals surface area contributed by atoms with Gasteiger partial charge in [-0.25, -0.2) is 8.42 Å². The molecule has 3 heterocycles. The van der Waals surface area contributed by atoms with Gasteiger partial charge in [-0.2, -0.15) is 9.30 Å². The molecule has 0 spiro atoms. The number of rotatable bonds is 7. The van der Waals surface area contributed by atoms with E-state index in [1.54, 1.807) is 32.4 Å². The van der Waals surface area contributed by atoms with Gasteiger partial charge in [0.2, 0.25) is 0 Å². The number of fused-ring (bicyclic) bond motifs is 1. The topological polar surface area (TPSA) is 90.2 Å². The summed E-state index contributed by atoms with van der Waals surface area (Å²) in [6.07, 6.45) is 2.86. The predicted molar refractivity (Wildman–Crippen MR) is 134 cm³/mol. The van der Waals surface area contributed by atoms with Crippen molar-refractivity contribution in [3.05, 3.63) is 46.1 Å². The molecule has 0 N–H and O–H groups in total. The Morgan fingerprint density at radius 3 is 2.62 bits per heavy atom. The highest BCUT2D eigenvalue weighted by Crippen LogP contribution is 2.35. The lowest BCUT2D eigenvalue weighted by atomic mass is 9.99. The van der Waals surface area contributed by atoms with Crippen molar-refractivity contribution in [2.24, 2.45) is 10.9 Å². The number of thiazole rings is 1. The minimum absolute atomic E-state index is 0.0825. The summed E-state index contributed by atoms with van der Waals surface area (Å²) in [4.78, 5) is 18.1. The number of methoxy groups -OCH3 is 2. The van der Waals surface area contributed by atoms with Gasteiger partial charge in [-0.1, -0.05) is 29.0 Å². The minimum atomic E-state index is -3.71. The molecular formula is C22H24ClN3O5S3. The lowest BCUT2D eigenvalue weighted by Gasteiger charge is -2.29. The molecule has 1 atom stereocenters. The van der Waals surface area contributed by atoms with E-state index < -0.39 is 15.9 Å². The number of piperidine rings is 1. The fourth-order valence-electron chi connectivity index (χ4n) is 3.95. The molecule has 1 aliphatic rings. The molecule has 0 saturated carbocycles. The quantitative estimate of drug-likeness (QED) is 0.419. The molecule has 0 radical (unpaired) electrons. The summed E-state index contributed by atoms with van der Waals surface area (Å²) in [5.74, 6) is 0.390. The number of nitrogens with zero attached hydrogens (tertiary/aromatic N) is 3. The average molecular weight is 542 g/mol. The van der Waals surface area contributed by atoms with E-state index in [1.165, 1.54) is 21.7 Å². The van der Waals surface area contributed by atoms with E-state index in [4.69, 9.17) is 21.1 Å².